The van der Waals surface area contributed by atoms with Gasteiger partial charge >= 0.3 is 6.09 Å². The van der Waals surface area contributed by atoms with Gasteiger partial charge in [-0.1, -0.05) is 41.1 Å². The van der Waals surface area contributed by atoms with Crippen LogP contribution in [0, 0.1) is 5.82 Å². The third-order valence-electron chi connectivity index (χ3n) is 6.27. The first-order valence-electron chi connectivity index (χ1n) is 12.2. The largest absolute Gasteiger partial charge is 0.448 e. The Morgan fingerprint density at radius 2 is 2.05 bits per heavy atom. The average Bonchev–Trinajstić information content (AvgIpc) is 3.13. The smallest absolute Gasteiger partial charge is 0.409 e. The average molecular weight is 537 g/mol. The van der Waals surface area contributed by atoms with Crippen LogP contribution in [-0.2, 0) is 24.2 Å². The quantitative estimate of drug-likeness (QED) is 0.254. The second-order valence-electron chi connectivity index (χ2n) is 9.18. The monoisotopic (exact) mass is 536 g/mol. The molecule has 3 heterocycles. The molecule has 5 rings (SSSR count). The highest BCUT2D eigenvalue weighted by atomic mass is 33.1. The number of rotatable bonds is 8. The van der Waals surface area contributed by atoms with Crippen molar-refractivity contribution < 1.29 is 13.9 Å². The summed E-state index contributed by atoms with van der Waals surface area (Å²) in [6, 6.07) is 17.1. The van der Waals surface area contributed by atoms with Gasteiger partial charge in [-0.25, -0.2) is 14.2 Å². The normalized spacial score (nSPS) is 13.8. The molecule has 0 fully saturated rings. The summed E-state index contributed by atoms with van der Waals surface area (Å²) in [5.74, 6) is -0.226. The molecule has 4 aromatic rings. The summed E-state index contributed by atoms with van der Waals surface area (Å²) in [7, 11) is 4.95. The van der Waals surface area contributed by atoms with Crippen LogP contribution in [0.25, 0.3) is 22.2 Å². The van der Waals surface area contributed by atoms with Crippen molar-refractivity contribution in [1.82, 2.24) is 20.2 Å². The molecule has 1 unspecified atom stereocenters. The van der Waals surface area contributed by atoms with Crippen molar-refractivity contribution in [2.75, 3.05) is 20.2 Å². The second kappa shape index (κ2) is 11.6. The number of hydrogen-bond acceptors (Lipinski definition) is 6. The minimum Gasteiger partial charge on any atom is -0.448 e. The topological polar surface area (TPSA) is 70.2 Å². The molecule has 2 aromatic heterocycles. The number of nitrogens with zero attached hydrogens (tertiary/aromatic N) is 2. The first-order valence-corrected chi connectivity index (χ1v) is 14.4. The molecule has 192 valence electrons. The van der Waals surface area contributed by atoms with Gasteiger partial charge in [-0.15, -0.1) is 0 Å². The lowest BCUT2D eigenvalue weighted by molar-refractivity contribution is 0.110. The van der Waals surface area contributed by atoms with E-state index in [1.54, 1.807) is 51.9 Å². The molecular weight excluding hydrogens is 507 g/mol. The number of amides is 1. The van der Waals surface area contributed by atoms with Gasteiger partial charge in [0.15, 0.2) is 0 Å². The van der Waals surface area contributed by atoms with E-state index in [1.165, 1.54) is 5.56 Å². The summed E-state index contributed by atoms with van der Waals surface area (Å²) in [6.45, 7) is 4.31. The fraction of sp³-hybridized carbons (Fsp3) is 0.286. The summed E-state index contributed by atoms with van der Waals surface area (Å²) < 4.78 is 19.7. The molecule has 0 aliphatic carbocycles. The van der Waals surface area contributed by atoms with Crippen molar-refractivity contribution in [3.05, 3.63) is 83.3 Å². The molecule has 37 heavy (non-hydrogen) atoms. The Hall–Kier alpha value is -3.01. The van der Waals surface area contributed by atoms with Crippen LogP contribution in [0.15, 0.2) is 65.8 Å². The van der Waals surface area contributed by atoms with Crippen LogP contribution in [0.5, 0.6) is 0 Å². The standard InChI is InChI=1S/C28H29FN4O2S2/c1-18(36-37-25-5-3-4-11-31-25)17-35-28(34)33(2)16-19-6-8-20(9-7-19)27-23-10-12-30-15-21-13-22(29)14-24(32-27)26(21)23/h3-9,11,13-14,18,30,32H,10,12,15-17H2,1-2H3. The Kier molecular flexibility index (Phi) is 8.02. The number of halogens is 1. The molecule has 2 N–H and O–H groups in total. The zero-order chi connectivity index (χ0) is 25.8. The fourth-order valence-electron chi connectivity index (χ4n) is 4.50. The van der Waals surface area contributed by atoms with Crippen LogP contribution in [0.4, 0.5) is 9.18 Å². The summed E-state index contributed by atoms with van der Waals surface area (Å²) >= 11 is 0. The van der Waals surface area contributed by atoms with Gasteiger partial charge in [0, 0.05) is 48.2 Å². The Bertz CT molecular complexity index is 1380. The number of carbonyl (C=O) groups is 1. The fourth-order valence-corrected chi connectivity index (χ4v) is 6.37. The molecule has 0 spiro atoms. The molecule has 6 nitrogen and oxygen atoms in total. The number of hydrogen-bond donors (Lipinski definition) is 2. The lowest BCUT2D eigenvalue weighted by Gasteiger charge is -2.19. The zero-order valence-corrected chi connectivity index (χ0v) is 22.4. The van der Waals surface area contributed by atoms with Gasteiger partial charge in [-0.2, -0.15) is 0 Å². The number of carbonyl (C=O) groups excluding carboxylic acids is 1. The lowest BCUT2D eigenvalue weighted by Crippen LogP contribution is -2.28. The van der Waals surface area contributed by atoms with Crippen LogP contribution < -0.4 is 5.32 Å². The van der Waals surface area contributed by atoms with Crippen molar-refractivity contribution in [2.45, 2.75) is 36.7 Å². The van der Waals surface area contributed by atoms with E-state index in [0.29, 0.717) is 19.7 Å². The van der Waals surface area contributed by atoms with Crippen LogP contribution in [-0.4, -0.2) is 46.4 Å². The van der Waals surface area contributed by atoms with Gasteiger partial charge in [-0.3, -0.25) is 0 Å². The van der Waals surface area contributed by atoms with E-state index in [4.69, 9.17) is 4.74 Å². The van der Waals surface area contributed by atoms with E-state index in [0.717, 1.165) is 51.3 Å². The second-order valence-corrected chi connectivity index (χ2v) is 11.8. The minimum atomic E-state index is -0.349. The molecule has 2 aromatic carbocycles. The first-order chi connectivity index (χ1) is 18.0. The van der Waals surface area contributed by atoms with E-state index < -0.39 is 0 Å². The lowest BCUT2D eigenvalue weighted by atomic mass is 10.00. The van der Waals surface area contributed by atoms with Crippen LogP contribution in [0.1, 0.15) is 23.6 Å². The van der Waals surface area contributed by atoms with Crippen molar-refractivity contribution >= 4 is 38.6 Å². The molecule has 0 saturated heterocycles. The highest BCUT2D eigenvalue weighted by Crippen LogP contribution is 2.35. The van der Waals surface area contributed by atoms with Crippen molar-refractivity contribution in [3.8, 4) is 11.3 Å². The predicted molar refractivity (Wildman–Crippen MR) is 149 cm³/mol. The Morgan fingerprint density at radius 3 is 2.84 bits per heavy atom. The van der Waals surface area contributed by atoms with E-state index in [9.17, 15) is 9.18 Å². The third-order valence-corrected chi connectivity index (χ3v) is 9.03. The molecule has 0 bridgehead atoms. The van der Waals surface area contributed by atoms with Gasteiger partial charge in [0.1, 0.15) is 17.5 Å². The molecular formula is C28H29FN4O2S2. The molecule has 1 aliphatic heterocycles. The van der Waals surface area contributed by atoms with Crippen molar-refractivity contribution in [3.63, 3.8) is 0 Å². The molecule has 9 heteroatoms. The number of benzene rings is 2. The minimum absolute atomic E-state index is 0.134. The number of aromatic nitrogens is 2. The van der Waals surface area contributed by atoms with E-state index in [2.05, 4.69) is 27.4 Å². The van der Waals surface area contributed by atoms with Gasteiger partial charge in [0.25, 0.3) is 0 Å². The van der Waals surface area contributed by atoms with Crippen LogP contribution in [0.2, 0.25) is 0 Å². The van der Waals surface area contributed by atoms with E-state index >= 15 is 0 Å². The Balaban J connectivity index is 1.19. The van der Waals surface area contributed by atoms with Gasteiger partial charge < -0.3 is 19.9 Å². The van der Waals surface area contributed by atoms with Crippen LogP contribution in [0.3, 0.4) is 0 Å². The number of nitrogens with one attached hydrogen (secondary N) is 2. The molecule has 1 atom stereocenters. The van der Waals surface area contributed by atoms with Crippen LogP contribution >= 0.6 is 21.6 Å². The van der Waals surface area contributed by atoms with E-state index in [1.807, 2.05) is 37.3 Å². The number of ether oxygens (including phenoxy) is 1. The highest BCUT2D eigenvalue weighted by molar-refractivity contribution is 8.76. The Labute approximate surface area is 223 Å². The molecule has 0 radical (unpaired) electrons. The van der Waals surface area contributed by atoms with Gasteiger partial charge in [-0.05, 0) is 77.2 Å². The molecule has 1 amide bonds. The summed E-state index contributed by atoms with van der Waals surface area (Å²) in [5.41, 5.74) is 6.12. The Morgan fingerprint density at radius 1 is 1.22 bits per heavy atom. The van der Waals surface area contributed by atoms with Crippen molar-refractivity contribution in [1.29, 1.82) is 0 Å². The maximum atomic E-state index is 14.1. The number of aromatic amines is 1. The van der Waals surface area contributed by atoms with Gasteiger partial charge in [0.05, 0.1) is 0 Å². The predicted octanol–water partition coefficient (Wildman–Crippen LogP) is 6.41. The molecule has 1 aliphatic rings. The summed E-state index contributed by atoms with van der Waals surface area (Å²) in [5, 5.41) is 5.57. The SMILES string of the molecule is CC(COC(=O)N(C)Cc1ccc(-c2[nH]c3cc(F)cc4c3c2CCNC4)cc1)SSc1ccccn1. The zero-order valence-electron chi connectivity index (χ0n) is 20.8. The van der Waals surface area contributed by atoms with Crippen molar-refractivity contribution in [2.24, 2.45) is 0 Å². The number of pyridine rings is 1. The number of H-pyrrole nitrogens is 1. The maximum Gasteiger partial charge on any atom is 0.409 e. The molecule has 0 saturated carbocycles. The van der Waals surface area contributed by atoms with E-state index in [-0.39, 0.29) is 17.2 Å². The van der Waals surface area contributed by atoms with Gasteiger partial charge in [0.2, 0.25) is 0 Å². The first kappa shape index (κ1) is 25.6. The highest BCUT2D eigenvalue weighted by Gasteiger charge is 2.20. The summed E-state index contributed by atoms with van der Waals surface area (Å²) in [4.78, 5) is 21.8. The maximum absolute atomic E-state index is 14.1. The summed E-state index contributed by atoms with van der Waals surface area (Å²) in [6.07, 6.45) is 2.29. The third kappa shape index (κ3) is 6.11.